The molecule has 132 valence electrons. The molecule has 1 unspecified atom stereocenters. The fourth-order valence-corrected chi connectivity index (χ4v) is 2.38. The van der Waals surface area contributed by atoms with Gasteiger partial charge >= 0.3 is 7.32 Å². The molecule has 10 heteroatoms. The van der Waals surface area contributed by atoms with Crippen LogP contribution in [0.15, 0.2) is 30.3 Å². The Morgan fingerprint density at radius 1 is 1.25 bits per heavy atom. The molecule has 2 aromatic rings. The van der Waals surface area contributed by atoms with Gasteiger partial charge in [0.2, 0.25) is 0 Å². The summed E-state index contributed by atoms with van der Waals surface area (Å²) >= 11 is 0. The van der Waals surface area contributed by atoms with E-state index in [-0.39, 0.29) is 31.1 Å². The third-order valence-corrected chi connectivity index (χ3v) is 3.68. The number of nitrogens with two attached hydrogens (primary N) is 1. The first-order valence-corrected chi connectivity index (χ1v) is 7.65. The summed E-state index contributed by atoms with van der Waals surface area (Å²) in [6.45, 7) is 2.30. The van der Waals surface area contributed by atoms with E-state index in [4.69, 9.17) is 15.8 Å². The lowest BCUT2D eigenvalue weighted by Gasteiger charge is -2.17. The lowest BCUT2D eigenvalue weighted by Crippen LogP contribution is -2.21. The maximum absolute atomic E-state index is 8.60. The quantitative estimate of drug-likeness (QED) is 0.451. The molecule has 0 amide bonds. The predicted octanol–water partition coefficient (Wildman–Crippen LogP) is 0.860. The van der Waals surface area contributed by atoms with Crippen LogP contribution in [0.25, 0.3) is 0 Å². The van der Waals surface area contributed by atoms with E-state index in [9.17, 15) is 0 Å². The zero-order valence-corrected chi connectivity index (χ0v) is 14.3. The zero-order chi connectivity index (χ0) is 16.7. The fraction of sp³-hybridized carbons (Fsp3) is 0.500. The van der Waals surface area contributed by atoms with Crippen LogP contribution in [0.2, 0.25) is 0 Å². The Bertz CT molecular complexity index is 587. The third-order valence-electron chi connectivity index (χ3n) is 3.68. The zero-order valence-electron chi connectivity index (χ0n) is 13.5. The molecule has 4 N–H and O–H groups in total. The van der Waals surface area contributed by atoms with Gasteiger partial charge in [0.05, 0.1) is 12.1 Å². The molecule has 0 aliphatic rings. The SMILES string of the molecule is C[C@@H](c1ccccc1)n1nnnc1C(N)CCCCOB(O)O.Cl. The van der Waals surface area contributed by atoms with Crippen LogP contribution in [-0.4, -0.2) is 44.2 Å². The van der Waals surface area contributed by atoms with Gasteiger partial charge < -0.3 is 20.4 Å². The first kappa shape index (κ1) is 20.5. The third kappa shape index (κ3) is 5.84. The number of halogens is 1. The largest absolute Gasteiger partial charge is 0.633 e. The minimum atomic E-state index is -1.72. The number of benzene rings is 1. The Hall–Kier alpha value is -1.52. The number of nitrogens with zero attached hydrogens (tertiary/aromatic N) is 4. The van der Waals surface area contributed by atoms with E-state index in [1.54, 1.807) is 4.68 Å². The van der Waals surface area contributed by atoms with Gasteiger partial charge in [-0.15, -0.1) is 17.5 Å². The fourth-order valence-electron chi connectivity index (χ4n) is 2.38. The highest BCUT2D eigenvalue weighted by Crippen LogP contribution is 2.21. The van der Waals surface area contributed by atoms with Crippen molar-refractivity contribution in [2.45, 2.75) is 38.3 Å². The van der Waals surface area contributed by atoms with Crippen molar-refractivity contribution in [2.24, 2.45) is 5.73 Å². The second-order valence-electron chi connectivity index (χ2n) is 5.37. The molecule has 1 heterocycles. The van der Waals surface area contributed by atoms with Crippen molar-refractivity contribution in [3.05, 3.63) is 41.7 Å². The van der Waals surface area contributed by atoms with Crippen molar-refractivity contribution in [2.75, 3.05) is 6.61 Å². The maximum Gasteiger partial charge on any atom is 0.633 e. The second kappa shape index (κ2) is 10.4. The molecule has 0 radical (unpaired) electrons. The van der Waals surface area contributed by atoms with Gasteiger partial charge in [-0.1, -0.05) is 30.3 Å². The Labute approximate surface area is 147 Å². The number of unbranched alkanes of at least 4 members (excludes halogenated alkanes) is 1. The van der Waals surface area contributed by atoms with Gasteiger partial charge in [0.25, 0.3) is 0 Å². The lowest BCUT2D eigenvalue weighted by molar-refractivity contribution is 0.181. The van der Waals surface area contributed by atoms with Gasteiger partial charge in [0.1, 0.15) is 0 Å². The average Bonchev–Trinajstić information content (AvgIpc) is 3.04. The molecule has 0 fully saturated rings. The summed E-state index contributed by atoms with van der Waals surface area (Å²) in [6.07, 6.45) is 2.15. The highest BCUT2D eigenvalue weighted by molar-refractivity contribution is 6.32. The van der Waals surface area contributed by atoms with Gasteiger partial charge in [-0.2, -0.15) is 0 Å². The van der Waals surface area contributed by atoms with Crippen molar-refractivity contribution in [3.8, 4) is 0 Å². The van der Waals surface area contributed by atoms with Crippen molar-refractivity contribution in [1.82, 2.24) is 20.2 Å². The molecule has 0 saturated carbocycles. The molecule has 1 aromatic carbocycles. The summed E-state index contributed by atoms with van der Waals surface area (Å²) in [5.41, 5.74) is 7.31. The van der Waals surface area contributed by atoms with Crippen LogP contribution in [0.5, 0.6) is 0 Å². The summed E-state index contributed by atoms with van der Waals surface area (Å²) in [5.74, 6) is 0.643. The smallest absolute Gasteiger partial charge is 0.402 e. The van der Waals surface area contributed by atoms with E-state index in [0.29, 0.717) is 18.7 Å². The number of hydrogen-bond donors (Lipinski definition) is 3. The van der Waals surface area contributed by atoms with E-state index in [2.05, 4.69) is 20.2 Å². The van der Waals surface area contributed by atoms with Crippen LogP contribution < -0.4 is 5.73 Å². The minimum Gasteiger partial charge on any atom is -0.402 e. The van der Waals surface area contributed by atoms with Crippen LogP contribution >= 0.6 is 12.4 Å². The normalized spacial score (nSPS) is 13.2. The molecule has 0 saturated heterocycles. The molecule has 0 aliphatic carbocycles. The molecule has 2 atom stereocenters. The van der Waals surface area contributed by atoms with Gasteiger partial charge in [0.15, 0.2) is 5.82 Å². The number of rotatable bonds is 9. The summed E-state index contributed by atoms with van der Waals surface area (Å²) in [5, 5.41) is 29.1. The molecule has 0 spiro atoms. The van der Waals surface area contributed by atoms with Gasteiger partial charge in [-0.05, 0) is 42.2 Å². The maximum atomic E-state index is 8.60. The van der Waals surface area contributed by atoms with E-state index in [1.807, 2.05) is 37.3 Å². The van der Waals surface area contributed by atoms with E-state index in [1.165, 1.54) is 0 Å². The lowest BCUT2D eigenvalue weighted by atomic mass is 10.1. The molecule has 8 nitrogen and oxygen atoms in total. The molecule has 0 aliphatic heterocycles. The highest BCUT2D eigenvalue weighted by atomic mass is 35.5. The van der Waals surface area contributed by atoms with Gasteiger partial charge in [-0.25, -0.2) is 4.68 Å². The molecule has 1 aromatic heterocycles. The van der Waals surface area contributed by atoms with E-state index < -0.39 is 7.32 Å². The van der Waals surface area contributed by atoms with Gasteiger partial charge in [0, 0.05) is 6.61 Å². The minimum absolute atomic E-state index is 0. The molecule has 2 rings (SSSR count). The van der Waals surface area contributed by atoms with Crippen LogP contribution in [0.1, 0.15) is 49.7 Å². The average molecular weight is 356 g/mol. The van der Waals surface area contributed by atoms with Gasteiger partial charge in [-0.3, -0.25) is 0 Å². The first-order valence-electron chi connectivity index (χ1n) is 7.65. The summed E-state index contributed by atoms with van der Waals surface area (Å²) < 4.78 is 6.40. The summed E-state index contributed by atoms with van der Waals surface area (Å²) in [6, 6.07) is 9.69. The molecular formula is C14H23BClN5O3. The van der Waals surface area contributed by atoms with Crippen LogP contribution in [0, 0.1) is 0 Å². The summed E-state index contributed by atoms with van der Waals surface area (Å²) in [4.78, 5) is 0. The first-order chi connectivity index (χ1) is 11.1. The number of aromatic nitrogens is 4. The Morgan fingerprint density at radius 3 is 2.62 bits per heavy atom. The van der Waals surface area contributed by atoms with Crippen molar-refractivity contribution in [1.29, 1.82) is 0 Å². The van der Waals surface area contributed by atoms with Crippen molar-refractivity contribution >= 4 is 19.7 Å². The van der Waals surface area contributed by atoms with Crippen molar-refractivity contribution in [3.63, 3.8) is 0 Å². The molecule has 24 heavy (non-hydrogen) atoms. The molecular weight excluding hydrogens is 332 g/mol. The Kier molecular flexibility index (Phi) is 8.87. The van der Waals surface area contributed by atoms with E-state index >= 15 is 0 Å². The van der Waals surface area contributed by atoms with Crippen LogP contribution in [0.3, 0.4) is 0 Å². The highest BCUT2D eigenvalue weighted by Gasteiger charge is 2.19. The van der Waals surface area contributed by atoms with Crippen LogP contribution in [0.4, 0.5) is 0 Å². The van der Waals surface area contributed by atoms with Crippen LogP contribution in [-0.2, 0) is 4.65 Å². The number of hydrogen-bond acceptors (Lipinski definition) is 7. The second-order valence-corrected chi connectivity index (χ2v) is 5.37. The summed E-state index contributed by atoms with van der Waals surface area (Å²) in [7, 11) is -1.72. The Balaban J connectivity index is 0.00000288. The predicted molar refractivity (Wildman–Crippen MR) is 92.2 cm³/mol. The molecule has 0 bridgehead atoms. The number of tetrazole rings is 1. The monoisotopic (exact) mass is 355 g/mol. The topological polar surface area (TPSA) is 119 Å². The Morgan fingerprint density at radius 2 is 1.96 bits per heavy atom. The standard InChI is InChI=1S/C14H22BN5O3.ClH/c1-11(12-7-3-2-4-8-12)20-14(17-18-19-20)13(16)9-5-6-10-23-15(21)22;/h2-4,7-8,11,13,21-22H,5-6,9-10,16H2,1H3;1H/t11-,13?;/m0./s1. The van der Waals surface area contributed by atoms with Crippen molar-refractivity contribution < 1.29 is 14.7 Å². The van der Waals surface area contributed by atoms with E-state index in [0.717, 1.165) is 12.0 Å².